The van der Waals surface area contributed by atoms with Crippen molar-refractivity contribution in [2.75, 3.05) is 4.90 Å². The molecule has 1 aliphatic heterocycles. The number of fused-ring (bicyclic) bond motifs is 2. The predicted octanol–water partition coefficient (Wildman–Crippen LogP) is 4.59. The Morgan fingerprint density at radius 1 is 0.682 bits per heavy atom. The first-order valence-corrected chi connectivity index (χ1v) is 13.0. The summed E-state index contributed by atoms with van der Waals surface area (Å²) in [7, 11) is 0. The molecule has 0 radical (unpaired) electrons. The molecule has 3 aromatic rings. The summed E-state index contributed by atoms with van der Waals surface area (Å²) < 4.78 is 0. The van der Waals surface area contributed by atoms with Crippen molar-refractivity contribution in [3.8, 4) is 0 Å². The van der Waals surface area contributed by atoms with Crippen molar-refractivity contribution in [1.29, 1.82) is 0 Å². The fourth-order valence-electron chi connectivity index (χ4n) is 3.26. The molecule has 0 saturated carbocycles. The van der Waals surface area contributed by atoms with Crippen LogP contribution in [-0.4, -0.2) is 5.57 Å². The zero-order valence-electron chi connectivity index (χ0n) is 12.3. The molecule has 1 aliphatic rings. The van der Waals surface area contributed by atoms with E-state index < -0.39 is 5.57 Å². The Balaban J connectivity index is 2.05. The molecule has 0 N–H and O–H groups in total. The van der Waals surface area contributed by atoms with Gasteiger partial charge in [0.15, 0.2) is 5.57 Å². The Morgan fingerprint density at radius 2 is 1.14 bits per heavy atom. The Morgan fingerprint density at radius 3 is 1.68 bits per heavy atom. The fraction of sp³-hybridized carbons (Fsp3) is 0.0526. The second kappa shape index (κ2) is 5.24. The van der Waals surface area contributed by atoms with E-state index in [-0.39, 0.29) is 0 Å². The van der Waals surface area contributed by atoms with E-state index in [4.69, 9.17) is 0 Å². The molecule has 0 saturated heterocycles. The van der Waals surface area contributed by atoms with Crippen LogP contribution in [0.2, 0.25) is 6.55 Å². The second-order valence-corrected chi connectivity index (χ2v) is 15.3. The van der Waals surface area contributed by atoms with Gasteiger partial charge in [-0.05, 0) is 34.6 Å². The smallest absolute Gasteiger partial charge is 0.187 e. The molecular weight excluding hydrogens is 397 g/mol. The van der Waals surface area contributed by atoms with E-state index in [9.17, 15) is 0 Å². The number of hydrogen-bond acceptors (Lipinski definition) is 1. The SMILES string of the molecule is C[Si]1(I)c2ccccc2N(c2ccccc2)c2ccccc21. The largest absolute Gasteiger partial charge is 0.311 e. The van der Waals surface area contributed by atoms with Gasteiger partial charge in [-0.1, -0.05) is 61.1 Å². The summed E-state index contributed by atoms with van der Waals surface area (Å²) in [6.07, 6.45) is 0. The first kappa shape index (κ1) is 14.0. The highest BCUT2D eigenvalue weighted by molar-refractivity contribution is 14.1. The van der Waals surface area contributed by atoms with Crippen molar-refractivity contribution in [3.63, 3.8) is 0 Å². The minimum atomic E-state index is -1.68. The second-order valence-electron chi connectivity index (χ2n) is 5.71. The Hall–Kier alpha value is -1.59. The minimum absolute atomic E-state index is 1.23. The molecule has 0 aliphatic carbocycles. The quantitative estimate of drug-likeness (QED) is 0.320. The van der Waals surface area contributed by atoms with Gasteiger partial charge in [0.25, 0.3) is 0 Å². The zero-order chi connectivity index (χ0) is 15.2. The standard InChI is InChI=1S/C19H16INSi/c1-22(20)18-13-7-5-11-16(18)21(15-9-3-2-4-10-15)17-12-6-8-14-19(17)22/h2-14H,1H3. The number of benzene rings is 3. The molecule has 0 fully saturated rings. The molecule has 3 aromatic carbocycles. The van der Waals surface area contributed by atoms with Gasteiger partial charge in [0.1, 0.15) is 0 Å². The number of halogens is 1. The van der Waals surface area contributed by atoms with Crippen LogP contribution < -0.4 is 15.3 Å². The van der Waals surface area contributed by atoms with Crippen LogP contribution >= 0.6 is 21.8 Å². The lowest BCUT2D eigenvalue weighted by Crippen LogP contribution is -2.56. The van der Waals surface area contributed by atoms with Gasteiger partial charge in [-0.2, -0.15) is 0 Å². The van der Waals surface area contributed by atoms with Crippen LogP contribution in [0.1, 0.15) is 0 Å². The molecule has 0 amide bonds. The van der Waals surface area contributed by atoms with E-state index in [0.717, 1.165) is 0 Å². The van der Waals surface area contributed by atoms with Gasteiger partial charge in [-0.3, -0.25) is 0 Å². The van der Waals surface area contributed by atoms with Crippen LogP contribution in [0.5, 0.6) is 0 Å². The maximum absolute atomic E-state index is 2.72. The molecule has 108 valence electrons. The lowest BCUT2D eigenvalue weighted by molar-refractivity contribution is 1.29. The van der Waals surface area contributed by atoms with E-state index in [0.29, 0.717) is 0 Å². The topological polar surface area (TPSA) is 3.24 Å². The summed E-state index contributed by atoms with van der Waals surface area (Å²) in [5, 5.41) is 3.00. The van der Waals surface area contributed by atoms with Crippen molar-refractivity contribution in [2.45, 2.75) is 6.55 Å². The monoisotopic (exact) mass is 413 g/mol. The zero-order valence-corrected chi connectivity index (χ0v) is 15.5. The van der Waals surface area contributed by atoms with Crippen LogP contribution in [0.4, 0.5) is 17.1 Å². The Labute approximate surface area is 144 Å². The summed E-state index contributed by atoms with van der Waals surface area (Å²) in [5.74, 6) is 0. The third-order valence-corrected chi connectivity index (χ3v) is 10.7. The summed E-state index contributed by atoms with van der Waals surface area (Å²) in [4.78, 5) is 2.40. The van der Waals surface area contributed by atoms with Crippen LogP contribution in [0.25, 0.3) is 0 Å². The van der Waals surface area contributed by atoms with Gasteiger partial charge in [0.05, 0.1) is 0 Å². The highest BCUT2D eigenvalue weighted by Crippen LogP contribution is 2.39. The number of nitrogens with zero attached hydrogens (tertiary/aromatic N) is 1. The first-order valence-electron chi connectivity index (χ1n) is 7.43. The third kappa shape index (κ3) is 2.03. The van der Waals surface area contributed by atoms with Gasteiger partial charge in [0, 0.05) is 17.1 Å². The minimum Gasteiger partial charge on any atom is -0.311 e. The van der Waals surface area contributed by atoms with Crippen molar-refractivity contribution in [2.24, 2.45) is 0 Å². The molecule has 1 heterocycles. The Bertz CT molecular complexity index is 780. The van der Waals surface area contributed by atoms with Crippen LogP contribution in [0.15, 0.2) is 78.9 Å². The van der Waals surface area contributed by atoms with Gasteiger partial charge in [-0.15, -0.1) is 21.8 Å². The fourth-order valence-corrected chi connectivity index (χ4v) is 8.46. The van der Waals surface area contributed by atoms with E-state index in [1.807, 2.05) is 0 Å². The van der Waals surface area contributed by atoms with Crippen molar-refractivity contribution >= 4 is 54.8 Å². The molecular formula is C19H16INSi. The predicted molar refractivity (Wildman–Crippen MR) is 106 cm³/mol. The maximum Gasteiger partial charge on any atom is 0.187 e. The lowest BCUT2D eigenvalue weighted by Gasteiger charge is -2.39. The van der Waals surface area contributed by atoms with Gasteiger partial charge in [-0.25, -0.2) is 0 Å². The first-order chi connectivity index (χ1) is 10.7. The van der Waals surface area contributed by atoms with Crippen LogP contribution in [-0.2, 0) is 0 Å². The molecule has 22 heavy (non-hydrogen) atoms. The van der Waals surface area contributed by atoms with Crippen molar-refractivity contribution in [1.82, 2.24) is 0 Å². The summed E-state index contributed by atoms with van der Waals surface area (Å²) in [6, 6.07) is 28.4. The van der Waals surface area contributed by atoms with Crippen LogP contribution in [0, 0.1) is 0 Å². The molecule has 0 unspecified atom stereocenters. The molecule has 0 spiro atoms. The highest BCUT2D eigenvalue weighted by atomic mass is 127. The number of hydrogen-bond donors (Lipinski definition) is 0. The van der Waals surface area contributed by atoms with E-state index in [1.165, 1.54) is 27.4 Å². The average molecular weight is 413 g/mol. The molecule has 0 aromatic heterocycles. The number of anilines is 3. The summed E-state index contributed by atoms with van der Waals surface area (Å²) in [6.45, 7) is 2.44. The lowest BCUT2D eigenvalue weighted by atomic mass is 10.2. The van der Waals surface area contributed by atoms with Gasteiger partial charge in [0.2, 0.25) is 0 Å². The molecule has 3 heteroatoms. The van der Waals surface area contributed by atoms with E-state index >= 15 is 0 Å². The summed E-state index contributed by atoms with van der Waals surface area (Å²) in [5.41, 5.74) is 2.21. The molecule has 0 atom stereocenters. The highest BCUT2D eigenvalue weighted by Gasteiger charge is 2.39. The van der Waals surface area contributed by atoms with Crippen LogP contribution in [0.3, 0.4) is 0 Å². The van der Waals surface area contributed by atoms with E-state index in [2.05, 4.69) is 112 Å². The molecule has 0 bridgehead atoms. The van der Waals surface area contributed by atoms with E-state index in [1.54, 1.807) is 0 Å². The van der Waals surface area contributed by atoms with Gasteiger partial charge < -0.3 is 4.90 Å². The average Bonchev–Trinajstić information content (AvgIpc) is 2.56. The van der Waals surface area contributed by atoms with Crippen molar-refractivity contribution < 1.29 is 0 Å². The Kier molecular flexibility index (Phi) is 3.34. The van der Waals surface area contributed by atoms with Crippen molar-refractivity contribution in [3.05, 3.63) is 78.9 Å². The number of para-hydroxylation sites is 3. The maximum atomic E-state index is 2.72. The molecule has 1 nitrogen and oxygen atoms in total. The van der Waals surface area contributed by atoms with Gasteiger partial charge >= 0.3 is 0 Å². The summed E-state index contributed by atoms with van der Waals surface area (Å²) >= 11 is 2.72. The third-order valence-electron chi connectivity index (χ3n) is 4.32. The normalized spacial score (nSPS) is 15.1. The molecule has 4 rings (SSSR count). The number of rotatable bonds is 1.